The summed E-state index contributed by atoms with van der Waals surface area (Å²) in [5.74, 6) is 0.882. The van der Waals surface area contributed by atoms with E-state index >= 15 is 0 Å². The van der Waals surface area contributed by atoms with Gasteiger partial charge in [-0.1, -0.05) is 17.7 Å². The Morgan fingerprint density at radius 1 is 1.07 bits per heavy atom. The van der Waals surface area contributed by atoms with E-state index in [0.717, 1.165) is 11.1 Å². The first-order valence-electron chi connectivity index (χ1n) is 9.05. The molecule has 0 aliphatic heterocycles. The number of aromatic nitrogens is 4. The normalized spacial score (nSPS) is 10.6. The number of hydrogen-bond donors (Lipinski definition) is 1. The summed E-state index contributed by atoms with van der Waals surface area (Å²) in [7, 11) is 1.73. The van der Waals surface area contributed by atoms with Crippen molar-refractivity contribution in [2.75, 3.05) is 5.32 Å². The van der Waals surface area contributed by atoms with Crippen molar-refractivity contribution < 1.29 is 9.53 Å². The van der Waals surface area contributed by atoms with Crippen molar-refractivity contribution in [2.45, 2.75) is 6.92 Å². The number of hydrogen-bond acceptors (Lipinski definition) is 5. The van der Waals surface area contributed by atoms with E-state index in [9.17, 15) is 4.79 Å². The maximum atomic E-state index is 12.6. The molecule has 1 aromatic carbocycles. The van der Waals surface area contributed by atoms with E-state index in [2.05, 4.69) is 20.4 Å². The molecule has 0 spiro atoms. The molecule has 1 N–H and O–H groups in total. The van der Waals surface area contributed by atoms with Crippen molar-refractivity contribution in [3.63, 3.8) is 0 Å². The lowest BCUT2D eigenvalue weighted by Crippen LogP contribution is -2.16. The SMILES string of the molecule is Cc1ccc(Oc2ccc(NC(=O)c3cc(-c4cccnc4)nn3C)cn2)cc1. The van der Waals surface area contributed by atoms with Gasteiger partial charge in [-0.25, -0.2) is 4.98 Å². The Bertz CT molecular complexity index is 1120. The number of rotatable bonds is 5. The fourth-order valence-corrected chi connectivity index (χ4v) is 2.77. The lowest BCUT2D eigenvalue weighted by Gasteiger charge is -2.07. The number of carbonyl (C=O) groups excluding carboxylic acids is 1. The van der Waals surface area contributed by atoms with E-state index in [0.29, 0.717) is 28.7 Å². The van der Waals surface area contributed by atoms with Gasteiger partial charge in [0, 0.05) is 31.1 Å². The van der Waals surface area contributed by atoms with Gasteiger partial charge in [-0.15, -0.1) is 0 Å². The van der Waals surface area contributed by atoms with Crippen LogP contribution in [0.5, 0.6) is 11.6 Å². The molecule has 144 valence electrons. The van der Waals surface area contributed by atoms with Gasteiger partial charge in [0.1, 0.15) is 11.4 Å². The summed E-state index contributed by atoms with van der Waals surface area (Å²) in [5.41, 5.74) is 3.69. The Balaban J connectivity index is 1.45. The van der Waals surface area contributed by atoms with Gasteiger partial charge in [0.15, 0.2) is 0 Å². The summed E-state index contributed by atoms with van der Waals surface area (Å²) >= 11 is 0. The Hall–Kier alpha value is -4.00. The lowest BCUT2D eigenvalue weighted by molar-refractivity contribution is 0.101. The van der Waals surface area contributed by atoms with Gasteiger partial charge in [-0.3, -0.25) is 14.5 Å². The monoisotopic (exact) mass is 385 g/mol. The van der Waals surface area contributed by atoms with Crippen molar-refractivity contribution in [2.24, 2.45) is 7.05 Å². The van der Waals surface area contributed by atoms with Crippen LogP contribution in [-0.4, -0.2) is 25.7 Å². The quantitative estimate of drug-likeness (QED) is 0.556. The zero-order valence-electron chi connectivity index (χ0n) is 16.0. The molecule has 3 aromatic heterocycles. The highest BCUT2D eigenvalue weighted by Crippen LogP contribution is 2.22. The van der Waals surface area contributed by atoms with Crippen molar-refractivity contribution >= 4 is 11.6 Å². The zero-order chi connectivity index (χ0) is 20.2. The predicted octanol–water partition coefficient (Wildman–Crippen LogP) is 4.23. The van der Waals surface area contributed by atoms with Crippen LogP contribution in [0.4, 0.5) is 5.69 Å². The molecule has 0 aliphatic carbocycles. The van der Waals surface area contributed by atoms with Gasteiger partial charge < -0.3 is 10.1 Å². The highest BCUT2D eigenvalue weighted by molar-refractivity contribution is 6.03. The van der Waals surface area contributed by atoms with Gasteiger partial charge in [0.2, 0.25) is 5.88 Å². The highest BCUT2D eigenvalue weighted by atomic mass is 16.5. The number of ether oxygens (including phenoxy) is 1. The molecule has 0 fully saturated rings. The molecule has 0 aliphatic rings. The second kappa shape index (κ2) is 7.93. The molecule has 0 saturated carbocycles. The minimum atomic E-state index is -0.274. The zero-order valence-corrected chi connectivity index (χ0v) is 16.0. The molecule has 4 aromatic rings. The second-order valence-electron chi connectivity index (χ2n) is 6.53. The van der Waals surface area contributed by atoms with E-state index in [1.165, 1.54) is 0 Å². The van der Waals surface area contributed by atoms with Crippen LogP contribution in [0, 0.1) is 6.92 Å². The van der Waals surface area contributed by atoms with Gasteiger partial charge >= 0.3 is 0 Å². The smallest absolute Gasteiger partial charge is 0.273 e. The van der Waals surface area contributed by atoms with Crippen LogP contribution in [0.15, 0.2) is 73.2 Å². The van der Waals surface area contributed by atoms with Gasteiger partial charge in [-0.2, -0.15) is 5.10 Å². The number of benzene rings is 1. The van der Waals surface area contributed by atoms with Crippen molar-refractivity contribution in [1.29, 1.82) is 0 Å². The first kappa shape index (κ1) is 18.4. The number of carbonyl (C=O) groups is 1. The number of pyridine rings is 2. The minimum Gasteiger partial charge on any atom is -0.439 e. The maximum absolute atomic E-state index is 12.6. The summed E-state index contributed by atoms with van der Waals surface area (Å²) in [6.07, 6.45) is 4.96. The number of nitrogens with zero attached hydrogens (tertiary/aromatic N) is 4. The molecule has 7 nitrogen and oxygen atoms in total. The summed E-state index contributed by atoms with van der Waals surface area (Å²) in [5, 5.41) is 7.22. The van der Waals surface area contributed by atoms with Crippen LogP contribution >= 0.6 is 0 Å². The van der Waals surface area contributed by atoms with Gasteiger partial charge in [0.25, 0.3) is 5.91 Å². The Morgan fingerprint density at radius 3 is 2.59 bits per heavy atom. The second-order valence-corrected chi connectivity index (χ2v) is 6.53. The molecule has 0 unspecified atom stereocenters. The van der Waals surface area contributed by atoms with E-state index in [4.69, 9.17) is 4.74 Å². The molecule has 1 amide bonds. The molecular formula is C22H19N5O2. The fraction of sp³-hybridized carbons (Fsp3) is 0.0909. The Morgan fingerprint density at radius 2 is 1.90 bits per heavy atom. The molecule has 0 bridgehead atoms. The average Bonchev–Trinajstić information content (AvgIpc) is 3.14. The molecular weight excluding hydrogens is 366 g/mol. The van der Waals surface area contributed by atoms with Crippen LogP contribution < -0.4 is 10.1 Å². The van der Waals surface area contributed by atoms with Crippen molar-refractivity contribution in [3.05, 3.63) is 84.4 Å². The average molecular weight is 385 g/mol. The molecule has 0 atom stereocenters. The Kier molecular flexibility index (Phi) is 5.03. The largest absolute Gasteiger partial charge is 0.439 e. The summed E-state index contributed by atoms with van der Waals surface area (Å²) in [6, 6.07) is 16.6. The number of amides is 1. The third-order valence-corrected chi connectivity index (χ3v) is 4.31. The van der Waals surface area contributed by atoms with E-state index < -0.39 is 0 Å². The first-order valence-corrected chi connectivity index (χ1v) is 9.05. The van der Waals surface area contributed by atoms with Gasteiger partial charge in [0.05, 0.1) is 17.6 Å². The molecule has 7 heteroatoms. The van der Waals surface area contributed by atoms with Gasteiger partial charge in [-0.05, 0) is 43.3 Å². The molecule has 0 saturated heterocycles. The molecule has 0 radical (unpaired) electrons. The lowest BCUT2D eigenvalue weighted by atomic mass is 10.2. The van der Waals surface area contributed by atoms with Crippen molar-refractivity contribution in [1.82, 2.24) is 19.7 Å². The van der Waals surface area contributed by atoms with Crippen LogP contribution in [0.25, 0.3) is 11.3 Å². The van der Waals surface area contributed by atoms with Crippen LogP contribution in [0.2, 0.25) is 0 Å². The van der Waals surface area contributed by atoms with Crippen LogP contribution in [0.1, 0.15) is 16.1 Å². The first-order chi connectivity index (χ1) is 14.1. The third kappa shape index (κ3) is 4.30. The molecule has 3 heterocycles. The van der Waals surface area contributed by atoms with E-state index in [1.54, 1.807) is 48.5 Å². The van der Waals surface area contributed by atoms with Crippen LogP contribution in [-0.2, 0) is 7.05 Å². The van der Waals surface area contributed by atoms with Crippen LogP contribution in [0.3, 0.4) is 0 Å². The maximum Gasteiger partial charge on any atom is 0.273 e. The Labute approximate surface area is 168 Å². The van der Waals surface area contributed by atoms with E-state index in [1.807, 2.05) is 43.3 Å². The standard InChI is InChI=1S/C22H19N5O2/c1-15-5-8-18(9-6-15)29-21-10-7-17(14-24-21)25-22(28)20-12-19(26-27(20)2)16-4-3-11-23-13-16/h3-14H,1-2H3,(H,25,28). The topological polar surface area (TPSA) is 81.9 Å². The summed E-state index contributed by atoms with van der Waals surface area (Å²) in [6.45, 7) is 2.02. The molecule has 4 rings (SSSR count). The van der Waals surface area contributed by atoms with Crippen molar-refractivity contribution in [3.8, 4) is 22.9 Å². The number of aryl methyl sites for hydroxylation is 2. The molecule has 29 heavy (non-hydrogen) atoms. The van der Waals surface area contributed by atoms with E-state index in [-0.39, 0.29) is 5.91 Å². The third-order valence-electron chi connectivity index (χ3n) is 4.31. The minimum absolute atomic E-state index is 0.274. The summed E-state index contributed by atoms with van der Waals surface area (Å²) in [4.78, 5) is 21.0. The predicted molar refractivity (Wildman–Crippen MR) is 110 cm³/mol. The number of anilines is 1. The number of nitrogens with one attached hydrogen (secondary N) is 1. The summed E-state index contributed by atoms with van der Waals surface area (Å²) < 4.78 is 7.25. The fourth-order valence-electron chi connectivity index (χ4n) is 2.77. The highest BCUT2D eigenvalue weighted by Gasteiger charge is 2.15.